The van der Waals surface area contributed by atoms with E-state index in [1.807, 2.05) is 63.2 Å². The molecule has 0 unspecified atom stereocenters. The van der Waals surface area contributed by atoms with Gasteiger partial charge in [0.15, 0.2) is 6.61 Å². The van der Waals surface area contributed by atoms with E-state index in [0.29, 0.717) is 18.8 Å². The third-order valence-corrected chi connectivity index (χ3v) is 3.85. The maximum Gasteiger partial charge on any atom is 0.276 e. The summed E-state index contributed by atoms with van der Waals surface area (Å²) in [5.41, 5.74) is 7.85. The smallest absolute Gasteiger partial charge is 0.276 e. The number of hydrazine groups is 1. The first-order chi connectivity index (χ1) is 12.9. The summed E-state index contributed by atoms with van der Waals surface area (Å²) in [6, 6.07) is 13.5. The van der Waals surface area contributed by atoms with Gasteiger partial charge in [0.1, 0.15) is 11.5 Å². The molecular weight excluding hydrogens is 344 g/mol. The minimum absolute atomic E-state index is 0.166. The highest BCUT2D eigenvalue weighted by Gasteiger charge is 2.07. The van der Waals surface area contributed by atoms with E-state index in [4.69, 9.17) is 9.47 Å². The lowest BCUT2D eigenvalue weighted by molar-refractivity contribution is -0.130. The van der Waals surface area contributed by atoms with E-state index >= 15 is 0 Å². The van der Waals surface area contributed by atoms with Crippen LogP contribution in [0.4, 0.5) is 0 Å². The largest absolute Gasteiger partial charge is 0.494 e. The predicted molar refractivity (Wildman–Crippen MR) is 104 cm³/mol. The first-order valence-corrected chi connectivity index (χ1v) is 8.91. The van der Waals surface area contributed by atoms with Crippen LogP contribution in [0.5, 0.6) is 11.5 Å². The van der Waals surface area contributed by atoms with Crippen molar-refractivity contribution < 1.29 is 19.1 Å². The number of hydrogen-bond donors (Lipinski definition) is 2. The quantitative estimate of drug-likeness (QED) is 0.553. The van der Waals surface area contributed by atoms with Crippen LogP contribution in [-0.2, 0) is 9.59 Å². The molecule has 2 aromatic carbocycles. The van der Waals surface area contributed by atoms with Gasteiger partial charge in [-0.3, -0.25) is 20.4 Å². The zero-order valence-electron chi connectivity index (χ0n) is 16.0. The molecule has 0 radical (unpaired) electrons. The van der Waals surface area contributed by atoms with Crippen molar-refractivity contribution in [1.82, 2.24) is 10.9 Å². The van der Waals surface area contributed by atoms with Crippen molar-refractivity contribution in [3.8, 4) is 11.5 Å². The Morgan fingerprint density at radius 2 is 1.63 bits per heavy atom. The average molecular weight is 370 g/mol. The van der Waals surface area contributed by atoms with Crippen molar-refractivity contribution in [3.63, 3.8) is 0 Å². The Bertz CT molecular complexity index is 790. The highest BCUT2D eigenvalue weighted by Crippen LogP contribution is 2.18. The topological polar surface area (TPSA) is 76.7 Å². The van der Waals surface area contributed by atoms with E-state index < -0.39 is 5.91 Å². The van der Waals surface area contributed by atoms with Gasteiger partial charge < -0.3 is 9.47 Å². The van der Waals surface area contributed by atoms with Crippen LogP contribution in [0.3, 0.4) is 0 Å². The van der Waals surface area contributed by atoms with Crippen LogP contribution >= 0.6 is 0 Å². The molecule has 0 fully saturated rings. The molecule has 0 heterocycles. The monoisotopic (exact) mass is 370 g/mol. The van der Waals surface area contributed by atoms with Crippen LogP contribution < -0.4 is 20.3 Å². The molecule has 2 amide bonds. The average Bonchev–Trinajstić information content (AvgIpc) is 2.64. The van der Waals surface area contributed by atoms with Gasteiger partial charge in [-0.05, 0) is 62.1 Å². The molecule has 6 heteroatoms. The van der Waals surface area contributed by atoms with E-state index in [1.54, 1.807) is 0 Å². The van der Waals surface area contributed by atoms with Crippen LogP contribution in [0.2, 0.25) is 0 Å². The summed E-state index contributed by atoms with van der Waals surface area (Å²) in [6.45, 7) is 6.12. The Morgan fingerprint density at radius 3 is 2.41 bits per heavy atom. The van der Waals surface area contributed by atoms with E-state index in [9.17, 15) is 9.59 Å². The lowest BCUT2D eigenvalue weighted by Crippen LogP contribution is -2.43. The molecule has 0 atom stereocenters. The molecule has 6 nitrogen and oxygen atoms in total. The third-order valence-electron chi connectivity index (χ3n) is 3.85. The second-order valence-corrected chi connectivity index (χ2v) is 6.42. The van der Waals surface area contributed by atoms with Crippen molar-refractivity contribution in [1.29, 1.82) is 0 Å². The van der Waals surface area contributed by atoms with Gasteiger partial charge in [0.2, 0.25) is 5.91 Å². The maximum absolute atomic E-state index is 11.8. The molecule has 2 aromatic rings. The molecule has 2 N–H and O–H groups in total. The van der Waals surface area contributed by atoms with E-state index in [-0.39, 0.29) is 18.9 Å². The lowest BCUT2D eigenvalue weighted by Gasteiger charge is -2.11. The molecular formula is C21H26N2O4. The van der Waals surface area contributed by atoms with E-state index in [2.05, 4.69) is 10.9 Å². The summed E-state index contributed by atoms with van der Waals surface area (Å²) in [5, 5.41) is 0. The zero-order valence-corrected chi connectivity index (χ0v) is 16.0. The van der Waals surface area contributed by atoms with Gasteiger partial charge in [-0.1, -0.05) is 24.3 Å². The van der Waals surface area contributed by atoms with Gasteiger partial charge in [0.05, 0.1) is 6.61 Å². The maximum atomic E-state index is 11.8. The van der Waals surface area contributed by atoms with Gasteiger partial charge >= 0.3 is 0 Å². The summed E-state index contributed by atoms with van der Waals surface area (Å²) in [5.74, 6) is 0.750. The minimum Gasteiger partial charge on any atom is -0.494 e. The second kappa shape index (κ2) is 10.2. The number of aryl methyl sites for hydroxylation is 3. The van der Waals surface area contributed by atoms with Crippen LogP contribution in [0.15, 0.2) is 42.5 Å². The highest BCUT2D eigenvalue weighted by atomic mass is 16.5. The van der Waals surface area contributed by atoms with E-state index in [0.717, 1.165) is 22.4 Å². The fraction of sp³-hybridized carbons (Fsp3) is 0.333. The Labute approximate surface area is 159 Å². The standard InChI is InChI=1S/C21H26N2O4/c1-15-6-4-7-18(12-15)26-11-5-8-20(24)22-23-21(25)14-27-19-13-16(2)9-10-17(19)3/h4,6-7,9-10,12-13H,5,8,11,14H2,1-3H3,(H,22,24)(H,23,25). The fourth-order valence-corrected chi connectivity index (χ4v) is 2.37. The minimum atomic E-state index is -0.416. The Hall–Kier alpha value is -3.02. The van der Waals surface area contributed by atoms with Crippen molar-refractivity contribution in [2.45, 2.75) is 33.6 Å². The van der Waals surface area contributed by atoms with Crippen molar-refractivity contribution in [3.05, 3.63) is 59.2 Å². The number of amides is 2. The number of benzene rings is 2. The lowest BCUT2D eigenvalue weighted by atomic mass is 10.1. The molecule has 144 valence electrons. The molecule has 27 heavy (non-hydrogen) atoms. The van der Waals surface area contributed by atoms with Gasteiger partial charge in [-0.15, -0.1) is 0 Å². The van der Waals surface area contributed by atoms with Gasteiger partial charge in [0, 0.05) is 6.42 Å². The number of carbonyl (C=O) groups excluding carboxylic acids is 2. The zero-order chi connectivity index (χ0) is 19.6. The van der Waals surface area contributed by atoms with E-state index in [1.165, 1.54) is 0 Å². The van der Waals surface area contributed by atoms with Crippen molar-refractivity contribution in [2.24, 2.45) is 0 Å². The van der Waals surface area contributed by atoms with Crippen LogP contribution in [-0.4, -0.2) is 25.0 Å². The molecule has 0 saturated heterocycles. The number of carbonyl (C=O) groups is 2. The van der Waals surface area contributed by atoms with Crippen LogP contribution in [0, 0.1) is 20.8 Å². The Balaban J connectivity index is 1.60. The number of rotatable bonds is 8. The van der Waals surface area contributed by atoms with Gasteiger partial charge in [-0.25, -0.2) is 0 Å². The molecule has 0 aliphatic rings. The fourth-order valence-electron chi connectivity index (χ4n) is 2.37. The molecule has 0 aliphatic heterocycles. The van der Waals surface area contributed by atoms with Crippen molar-refractivity contribution >= 4 is 11.8 Å². The predicted octanol–water partition coefficient (Wildman–Crippen LogP) is 3.00. The summed E-state index contributed by atoms with van der Waals surface area (Å²) in [4.78, 5) is 23.6. The summed E-state index contributed by atoms with van der Waals surface area (Å²) >= 11 is 0. The second-order valence-electron chi connectivity index (χ2n) is 6.42. The highest BCUT2D eigenvalue weighted by molar-refractivity contribution is 5.82. The summed E-state index contributed by atoms with van der Waals surface area (Å²) < 4.78 is 11.1. The molecule has 0 bridgehead atoms. The molecule has 0 spiro atoms. The summed E-state index contributed by atoms with van der Waals surface area (Å²) in [7, 11) is 0. The molecule has 0 saturated carbocycles. The number of ether oxygens (including phenoxy) is 2. The Kier molecular flexibility index (Phi) is 7.67. The van der Waals surface area contributed by atoms with Gasteiger partial charge in [0.25, 0.3) is 5.91 Å². The SMILES string of the molecule is Cc1cccc(OCCCC(=O)NNC(=O)COc2cc(C)ccc2C)c1. The first kappa shape index (κ1) is 20.3. The molecule has 0 aliphatic carbocycles. The Morgan fingerprint density at radius 1 is 0.889 bits per heavy atom. The van der Waals surface area contributed by atoms with Crippen LogP contribution in [0.1, 0.15) is 29.5 Å². The number of nitrogens with one attached hydrogen (secondary N) is 2. The molecule has 2 rings (SSSR count). The molecule has 0 aromatic heterocycles. The first-order valence-electron chi connectivity index (χ1n) is 8.91. The normalized spacial score (nSPS) is 10.2. The third kappa shape index (κ3) is 7.40. The van der Waals surface area contributed by atoms with Gasteiger partial charge in [-0.2, -0.15) is 0 Å². The van der Waals surface area contributed by atoms with Crippen LogP contribution in [0.25, 0.3) is 0 Å². The summed E-state index contributed by atoms with van der Waals surface area (Å²) in [6.07, 6.45) is 0.804. The van der Waals surface area contributed by atoms with Crippen molar-refractivity contribution in [2.75, 3.05) is 13.2 Å². The number of hydrogen-bond acceptors (Lipinski definition) is 4.